The second kappa shape index (κ2) is 10.7. The number of carbonyl (C=O) groups is 1. The van der Waals surface area contributed by atoms with E-state index in [4.69, 9.17) is 25.5 Å². The normalized spacial score (nSPS) is 17.2. The number of hydrogen-bond acceptors (Lipinski definition) is 8. The summed E-state index contributed by atoms with van der Waals surface area (Å²) in [6, 6.07) is 9.25. The molecule has 0 unspecified atom stereocenters. The van der Waals surface area contributed by atoms with E-state index in [2.05, 4.69) is 15.2 Å². The van der Waals surface area contributed by atoms with Crippen LogP contribution in [-0.4, -0.2) is 87.9 Å². The minimum atomic E-state index is -0.173. The Bertz CT molecular complexity index is 930. The smallest absolute Gasteiger partial charge is 0.257 e. The molecule has 0 atom stereocenters. The molecule has 4 rings (SSSR count). The highest BCUT2D eigenvalue weighted by atomic mass is 35.5. The third-order valence-corrected chi connectivity index (χ3v) is 5.65. The van der Waals surface area contributed by atoms with Gasteiger partial charge in [-0.2, -0.15) is 0 Å². The second-order valence-corrected chi connectivity index (χ2v) is 8.10. The molecule has 172 valence electrons. The van der Waals surface area contributed by atoms with E-state index in [1.165, 1.54) is 0 Å². The summed E-state index contributed by atoms with van der Waals surface area (Å²) in [6.45, 7) is 5.73. The Morgan fingerprint density at radius 2 is 2.12 bits per heavy atom. The Morgan fingerprint density at radius 1 is 1.28 bits per heavy atom. The van der Waals surface area contributed by atoms with Crippen molar-refractivity contribution >= 4 is 29.2 Å². The largest absolute Gasteiger partial charge is 0.482 e. The molecule has 1 amide bonds. The fraction of sp³-hybridized carbons (Fsp3) is 0.455. The predicted molar refractivity (Wildman–Crippen MR) is 122 cm³/mol. The summed E-state index contributed by atoms with van der Waals surface area (Å²) in [6.07, 6.45) is 1.65. The maximum atomic E-state index is 12.1. The highest BCUT2D eigenvalue weighted by molar-refractivity contribution is 6.32. The van der Waals surface area contributed by atoms with Crippen LogP contribution in [0.15, 0.2) is 46.0 Å². The Labute approximate surface area is 192 Å². The van der Waals surface area contributed by atoms with Gasteiger partial charge in [0.1, 0.15) is 18.3 Å². The van der Waals surface area contributed by atoms with Gasteiger partial charge in [0.25, 0.3) is 5.91 Å². The van der Waals surface area contributed by atoms with Crippen LogP contribution in [0, 0.1) is 0 Å². The number of amidine groups is 1. The van der Waals surface area contributed by atoms with Gasteiger partial charge in [0.05, 0.1) is 31.2 Å². The molecule has 2 aliphatic rings. The number of amides is 1. The van der Waals surface area contributed by atoms with E-state index in [0.717, 1.165) is 50.1 Å². The lowest BCUT2D eigenvalue weighted by molar-refractivity contribution is -0.123. The molecule has 1 N–H and O–H groups in total. The first-order chi connectivity index (χ1) is 15.6. The van der Waals surface area contributed by atoms with E-state index < -0.39 is 0 Å². The number of anilines is 1. The van der Waals surface area contributed by atoms with Gasteiger partial charge in [-0.05, 0) is 24.3 Å². The molecule has 1 saturated heterocycles. The standard InChI is InChI=1S/C22H28ClN5O4/c1-26-16-28(21-3-2-10-31-21)15-25-22(26)17-4-5-19(18(23)13-17)32-14-20(29)24-6-7-27-8-11-30-12-9-27/h2-5,10,13H,6-9,11-12,14-16H2,1H3,(H,24,29). The lowest BCUT2D eigenvalue weighted by atomic mass is 10.2. The summed E-state index contributed by atoms with van der Waals surface area (Å²) in [5.74, 6) is 1.91. The number of morpholine rings is 1. The Kier molecular flexibility index (Phi) is 7.51. The SMILES string of the molecule is CN1CN(c2ccco2)CN=C1c1ccc(OCC(=O)NCCN2CCOCC2)c(Cl)c1. The number of carbonyl (C=O) groups excluding carboxylic acids is 1. The van der Waals surface area contributed by atoms with Crippen molar-refractivity contribution < 1.29 is 18.7 Å². The highest BCUT2D eigenvalue weighted by Crippen LogP contribution is 2.27. The fourth-order valence-corrected chi connectivity index (χ4v) is 3.91. The molecule has 0 spiro atoms. The summed E-state index contributed by atoms with van der Waals surface area (Å²) in [5, 5.41) is 3.31. The van der Waals surface area contributed by atoms with Crippen LogP contribution in [0.25, 0.3) is 0 Å². The van der Waals surface area contributed by atoms with Crippen molar-refractivity contribution in [3.8, 4) is 5.75 Å². The van der Waals surface area contributed by atoms with E-state index in [1.807, 2.05) is 41.1 Å². The van der Waals surface area contributed by atoms with Gasteiger partial charge < -0.3 is 29.0 Å². The first-order valence-corrected chi connectivity index (χ1v) is 11.0. The number of rotatable bonds is 8. The maximum Gasteiger partial charge on any atom is 0.257 e. The topological polar surface area (TPSA) is 82.8 Å². The Hall–Kier alpha value is -2.75. The summed E-state index contributed by atoms with van der Waals surface area (Å²) in [4.78, 5) is 23.1. The van der Waals surface area contributed by atoms with Gasteiger partial charge in [-0.3, -0.25) is 9.69 Å². The van der Waals surface area contributed by atoms with Gasteiger partial charge >= 0.3 is 0 Å². The molecule has 1 aromatic carbocycles. The zero-order chi connectivity index (χ0) is 22.3. The number of ether oxygens (including phenoxy) is 2. The minimum absolute atomic E-state index is 0.0822. The quantitative estimate of drug-likeness (QED) is 0.642. The van der Waals surface area contributed by atoms with Crippen molar-refractivity contribution in [3.63, 3.8) is 0 Å². The number of nitrogens with one attached hydrogen (secondary N) is 1. The number of furan rings is 1. The monoisotopic (exact) mass is 461 g/mol. The number of nitrogens with zero attached hydrogens (tertiary/aromatic N) is 4. The Balaban J connectivity index is 1.27. The zero-order valence-corrected chi connectivity index (χ0v) is 18.9. The molecule has 1 aromatic heterocycles. The van der Waals surface area contributed by atoms with Crippen LogP contribution in [0.2, 0.25) is 5.02 Å². The lowest BCUT2D eigenvalue weighted by Crippen LogP contribution is -2.44. The van der Waals surface area contributed by atoms with Crippen LogP contribution in [-0.2, 0) is 9.53 Å². The Morgan fingerprint density at radius 3 is 2.84 bits per heavy atom. The lowest BCUT2D eigenvalue weighted by Gasteiger charge is -2.33. The molecular formula is C22H28ClN5O4. The van der Waals surface area contributed by atoms with E-state index in [1.54, 1.807) is 12.3 Å². The van der Waals surface area contributed by atoms with Crippen molar-refractivity contribution in [1.29, 1.82) is 0 Å². The van der Waals surface area contributed by atoms with Crippen LogP contribution >= 0.6 is 11.6 Å². The van der Waals surface area contributed by atoms with Crippen LogP contribution in [0.3, 0.4) is 0 Å². The maximum absolute atomic E-state index is 12.1. The molecular weight excluding hydrogens is 434 g/mol. The molecule has 1 fully saturated rings. The van der Waals surface area contributed by atoms with Gasteiger partial charge in [-0.15, -0.1) is 0 Å². The zero-order valence-electron chi connectivity index (χ0n) is 18.1. The number of halogens is 1. The minimum Gasteiger partial charge on any atom is -0.482 e. The number of hydrogen-bond donors (Lipinski definition) is 1. The first-order valence-electron chi connectivity index (χ1n) is 10.6. The second-order valence-electron chi connectivity index (χ2n) is 7.69. The van der Waals surface area contributed by atoms with Gasteiger partial charge in [-0.25, -0.2) is 4.99 Å². The molecule has 9 nitrogen and oxygen atoms in total. The highest BCUT2D eigenvalue weighted by Gasteiger charge is 2.21. The van der Waals surface area contributed by atoms with E-state index in [0.29, 0.717) is 30.7 Å². The third kappa shape index (κ3) is 5.73. The van der Waals surface area contributed by atoms with Crippen molar-refractivity contribution in [2.75, 3.05) is 71.3 Å². The summed E-state index contributed by atoms with van der Waals surface area (Å²) in [7, 11) is 1.97. The summed E-state index contributed by atoms with van der Waals surface area (Å²) >= 11 is 6.42. The molecule has 0 saturated carbocycles. The van der Waals surface area contributed by atoms with Crippen molar-refractivity contribution in [2.45, 2.75) is 0 Å². The summed E-state index contributed by atoms with van der Waals surface area (Å²) in [5.41, 5.74) is 0.888. The molecule has 0 bridgehead atoms. The molecule has 2 aromatic rings. The molecule has 0 aliphatic carbocycles. The molecule has 3 heterocycles. The van der Waals surface area contributed by atoms with Crippen molar-refractivity contribution in [2.24, 2.45) is 4.99 Å². The van der Waals surface area contributed by atoms with Gasteiger partial charge in [-0.1, -0.05) is 11.6 Å². The number of benzene rings is 1. The van der Waals surface area contributed by atoms with E-state index >= 15 is 0 Å². The molecule has 0 radical (unpaired) electrons. The van der Waals surface area contributed by atoms with Crippen molar-refractivity contribution in [3.05, 3.63) is 47.2 Å². The van der Waals surface area contributed by atoms with Crippen LogP contribution < -0.4 is 15.0 Å². The molecule has 10 heteroatoms. The summed E-state index contributed by atoms with van der Waals surface area (Å²) < 4.78 is 16.4. The van der Waals surface area contributed by atoms with E-state index in [9.17, 15) is 4.79 Å². The van der Waals surface area contributed by atoms with Crippen LogP contribution in [0.4, 0.5) is 5.88 Å². The average Bonchev–Trinajstić information content (AvgIpc) is 3.34. The average molecular weight is 462 g/mol. The van der Waals surface area contributed by atoms with Gasteiger partial charge in [0, 0.05) is 44.9 Å². The number of aliphatic imine (C=N–C) groups is 1. The first kappa shape index (κ1) is 22.4. The molecule has 2 aliphatic heterocycles. The fourth-order valence-electron chi connectivity index (χ4n) is 3.67. The van der Waals surface area contributed by atoms with Crippen LogP contribution in [0.1, 0.15) is 5.56 Å². The molecule has 32 heavy (non-hydrogen) atoms. The predicted octanol–water partition coefficient (Wildman–Crippen LogP) is 1.87. The van der Waals surface area contributed by atoms with Crippen molar-refractivity contribution in [1.82, 2.24) is 15.1 Å². The van der Waals surface area contributed by atoms with Crippen LogP contribution in [0.5, 0.6) is 5.75 Å². The van der Waals surface area contributed by atoms with E-state index in [-0.39, 0.29) is 12.5 Å². The van der Waals surface area contributed by atoms with Gasteiger partial charge in [0.15, 0.2) is 12.5 Å². The van der Waals surface area contributed by atoms with Gasteiger partial charge in [0.2, 0.25) is 0 Å². The third-order valence-electron chi connectivity index (χ3n) is 5.36.